The maximum atomic E-state index is 12.8. The van der Waals surface area contributed by atoms with Crippen molar-refractivity contribution in [2.24, 2.45) is 0 Å². The third kappa shape index (κ3) is 3.11. The highest BCUT2D eigenvalue weighted by atomic mass is 35.5. The summed E-state index contributed by atoms with van der Waals surface area (Å²) in [4.78, 5) is 3.53. The molecule has 0 N–H and O–H groups in total. The standard InChI is InChI=1S/C11H6Cl2F5N3/c12-3-6-8(10(14)15)20-21(9(6)13)7-2-1-5(4-19-7)11(16,17)18/h1-2,4,10H,3H2. The Morgan fingerprint density at radius 2 is 1.90 bits per heavy atom. The van der Waals surface area contributed by atoms with E-state index in [1.165, 1.54) is 0 Å². The number of nitrogens with zero attached hydrogens (tertiary/aromatic N) is 3. The highest BCUT2D eigenvalue weighted by Crippen LogP contribution is 2.32. The summed E-state index contributed by atoms with van der Waals surface area (Å²) in [6.45, 7) is 0. The minimum Gasteiger partial charge on any atom is -0.236 e. The average Bonchev–Trinajstić information content (AvgIpc) is 2.75. The fourth-order valence-corrected chi connectivity index (χ4v) is 2.20. The van der Waals surface area contributed by atoms with Crippen LogP contribution in [0.3, 0.4) is 0 Å². The van der Waals surface area contributed by atoms with Gasteiger partial charge in [-0.25, -0.2) is 18.4 Å². The van der Waals surface area contributed by atoms with Crippen LogP contribution in [0.5, 0.6) is 0 Å². The Balaban J connectivity index is 2.47. The van der Waals surface area contributed by atoms with Crippen LogP contribution in [-0.2, 0) is 12.1 Å². The van der Waals surface area contributed by atoms with Crippen LogP contribution in [-0.4, -0.2) is 14.8 Å². The second-order valence-corrected chi connectivity index (χ2v) is 4.53. The van der Waals surface area contributed by atoms with Crippen LogP contribution in [0.15, 0.2) is 18.3 Å². The summed E-state index contributed by atoms with van der Waals surface area (Å²) >= 11 is 11.4. The second-order valence-electron chi connectivity index (χ2n) is 3.90. The number of halogens is 7. The first kappa shape index (κ1) is 16.0. The number of pyridine rings is 1. The van der Waals surface area contributed by atoms with E-state index < -0.39 is 23.9 Å². The topological polar surface area (TPSA) is 30.7 Å². The van der Waals surface area contributed by atoms with Crippen molar-refractivity contribution in [1.82, 2.24) is 14.8 Å². The van der Waals surface area contributed by atoms with Crippen LogP contribution in [0.2, 0.25) is 5.15 Å². The first-order valence-corrected chi connectivity index (χ1v) is 6.32. The summed E-state index contributed by atoms with van der Waals surface area (Å²) in [5.41, 5.74) is -1.69. The molecule has 0 spiro atoms. The summed E-state index contributed by atoms with van der Waals surface area (Å²) in [5, 5.41) is 3.33. The van der Waals surface area contributed by atoms with Crippen molar-refractivity contribution in [2.75, 3.05) is 0 Å². The predicted molar refractivity (Wildman–Crippen MR) is 65.9 cm³/mol. The van der Waals surface area contributed by atoms with Gasteiger partial charge in [0.1, 0.15) is 10.8 Å². The van der Waals surface area contributed by atoms with Crippen molar-refractivity contribution in [2.45, 2.75) is 18.5 Å². The molecule has 21 heavy (non-hydrogen) atoms. The van der Waals surface area contributed by atoms with E-state index in [-0.39, 0.29) is 22.4 Å². The molecule has 0 aliphatic carbocycles. The van der Waals surface area contributed by atoms with Crippen LogP contribution >= 0.6 is 23.2 Å². The van der Waals surface area contributed by atoms with Crippen LogP contribution in [0.25, 0.3) is 5.82 Å². The zero-order chi connectivity index (χ0) is 15.8. The molecule has 0 aromatic carbocycles. The minimum atomic E-state index is -4.55. The van der Waals surface area contributed by atoms with E-state index >= 15 is 0 Å². The molecule has 3 nitrogen and oxygen atoms in total. The Bertz CT molecular complexity index is 637. The van der Waals surface area contributed by atoms with Gasteiger partial charge in [-0.3, -0.25) is 0 Å². The molecule has 0 aliphatic rings. The smallest absolute Gasteiger partial charge is 0.236 e. The zero-order valence-corrected chi connectivity index (χ0v) is 11.5. The van der Waals surface area contributed by atoms with Crippen LogP contribution in [0.1, 0.15) is 23.2 Å². The van der Waals surface area contributed by atoms with Gasteiger partial charge in [0.2, 0.25) is 0 Å². The van der Waals surface area contributed by atoms with Crippen LogP contribution in [0, 0.1) is 0 Å². The zero-order valence-electron chi connectivity index (χ0n) is 10.0. The van der Waals surface area contributed by atoms with E-state index in [1.807, 2.05) is 0 Å². The van der Waals surface area contributed by atoms with Gasteiger partial charge in [-0.1, -0.05) is 11.6 Å². The number of rotatable bonds is 3. The lowest BCUT2D eigenvalue weighted by Gasteiger charge is -2.07. The van der Waals surface area contributed by atoms with E-state index in [9.17, 15) is 22.0 Å². The monoisotopic (exact) mass is 345 g/mol. The quantitative estimate of drug-likeness (QED) is 0.600. The summed E-state index contributed by atoms with van der Waals surface area (Å²) in [6, 6.07) is 1.73. The molecule has 0 unspecified atom stereocenters. The van der Waals surface area contributed by atoms with Crippen molar-refractivity contribution in [3.05, 3.63) is 40.3 Å². The first-order chi connectivity index (χ1) is 9.75. The molecule has 0 saturated heterocycles. The number of aromatic nitrogens is 3. The molecule has 0 amide bonds. The largest absolute Gasteiger partial charge is 0.417 e. The fraction of sp³-hybridized carbons (Fsp3) is 0.273. The average molecular weight is 346 g/mol. The SMILES string of the molecule is FC(F)c1nn(-c2ccc(C(F)(F)F)cn2)c(Cl)c1CCl. The Morgan fingerprint density at radius 3 is 2.29 bits per heavy atom. The summed E-state index contributed by atoms with van der Waals surface area (Å²) in [7, 11) is 0. The van der Waals surface area contributed by atoms with Gasteiger partial charge in [0.05, 0.1) is 11.4 Å². The normalized spacial score (nSPS) is 12.2. The number of hydrogen-bond acceptors (Lipinski definition) is 2. The number of alkyl halides is 6. The van der Waals surface area contributed by atoms with Gasteiger partial charge in [0.25, 0.3) is 6.43 Å². The first-order valence-electron chi connectivity index (χ1n) is 5.40. The Labute approximate surface area is 125 Å². The van der Waals surface area contributed by atoms with E-state index in [2.05, 4.69) is 10.1 Å². The van der Waals surface area contributed by atoms with E-state index in [0.717, 1.165) is 16.8 Å². The fourth-order valence-electron chi connectivity index (χ4n) is 1.58. The maximum absolute atomic E-state index is 12.8. The summed E-state index contributed by atoms with van der Waals surface area (Å²) in [6.07, 6.45) is -6.89. The molecule has 0 saturated carbocycles. The lowest BCUT2D eigenvalue weighted by molar-refractivity contribution is -0.137. The number of hydrogen-bond donors (Lipinski definition) is 0. The molecule has 2 rings (SSSR count). The minimum absolute atomic E-state index is 0.0879. The van der Waals surface area contributed by atoms with Gasteiger partial charge < -0.3 is 0 Å². The molecule has 10 heteroatoms. The van der Waals surface area contributed by atoms with Gasteiger partial charge in [-0.2, -0.15) is 18.3 Å². The van der Waals surface area contributed by atoms with E-state index in [1.54, 1.807) is 0 Å². The molecular weight excluding hydrogens is 340 g/mol. The Morgan fingerprint density at radius 1 is 1.24 bits per heavy atom. The molecule has 0 fully saturated rings. The van der Waals surface area contributed by atoms with Gasteiger partial charge in [0, 0.05) is 11.8 Å². The lowest BCUT2D eigenvalue weighted by atomic mass is 10.3. The van der Waals surface area contributed by atoms with Gasteiger partial charge >= 0.3 is 6.18 Å². The Hall–Kier alpha value is -1.41. The van der Waals surface area contributed by atoms with Crippen molar-refractivity contribution >= 4 is 23.2 Å². The van der Waals surface area contributed by atoms with Crippen LogP contribution < -0.4 is 0 Å². The predicted octanol–water partition coefficient (Wildman–Crippen LogP) is 4.62. The highest BCUT2D eigenvalue weighted by Gasteiger charge is 2.31. The van der Waals surface area contributed by atoms with E-state index in [4.69, 9.17) is 23.2 Å². The molecule has 2 aromatic heterocycles. The second kappa shape index (κ2) is 5.76. The molecule has 0 bridgehead atoms. The molecule has 0 atom stereocenters. The summed E-state index contributed by atoms with van der Waals surface area (Å²) < 4.78 is 63.7. The molecular formula is C11H6Cl2F5N3. The third-order valence-electron chi connectivity index (χ3n) is 2.58. The van der Waals surface area contributed by atoms with Crippen molar-refractivity contribution in [3.8, 4) is 5.82 Å². The van der Waals surface area contributed by atoms with Crippen molar-refractivity contribution in [1.29, 1.82) is 0 Å². The third-order valence-corrected chi connectivity index (χ3v) is 3.24. The summed E-state index contributed by atoms with van der Waals surface area (Å²) in [5.74, 6) is -0.426. The molecule has 0 aliphatic heterocycles. The van der Waals surface area contributed by atoms with Crippen molar-refractivity contribution < 1.29 is 22.0 Å². The van der Waals surface area contributed by atoms with Crippen molar-refractivity contribution in [3.63, 3.8) is 0 Å². The Kier molecular flexibility index (Phi) is 4.38. The van der Waals surface area contributed by atoms with Gasteiger partial charge in [0.15, 0.2) is 5.82 Å². The highest BCUT2D eigenvalue weighted by molar-refractivity contribution is 6.31. The lowest BCUT2D eigenvalue weighted by Crippen LogP contribution is -2.07. The van der Waals surface area contributed by atoms with Gasteiger partial charge in [-0.15, -0.1) is 11.6 Å². The molecule has 0 radical (unpaired) electrons. The molecule has 114 valence electrons. The molecule has 2 heterocycles. The van der Waals surface area contributed by atoms with E-state index in [0.29, 0.717) is 6.20 Å². The van der Waals surface area contributed by atoms with Gasteiger partial charge in [-0.05, 0) is 12.1 Å². The maximum Gasteiger partial charge on any atom is 0.417 e. The van der Waals surface area contributed by atoms with Crippen LogP contribution in [0.4, 0.5) is 22.0 Å². The molecule has 2 aromatic rings.